The van der Waals surface area contributed by atoms with Gasteiger partial charge in [-0.25, -0.2) is 13.4 Å². The maximum Gasteiger partial charge on any atom is 0.257 e. The Balaban J connectivity index is 1.80. The van der Waals surface area contributed by atoms with Crippen LogP contribution in [-0.4, -0.2) is 50.9 Å². The molecule has 10 nitrogen and oxygen atoms in total. The molecule has 34 heavy (non-hydrogen) atoms. The number of methoxy groups -OCH3 is 2. The Morgan fingerprint density at radius 1 is 1.09 bits per heavy atom. The molecule has 0 saturated heterocycles. The molecule has 0 spiro atoms. The predicted octanol–water partition coefficient (Wildman–Crippen LogP) is 3.38. The number of fused-ring (bicyclic) bond motifs is 1. The summed E-state index contributed by atoms with van der Waals surface area (Å²) >= 11 is 1.25. The Hall–Kier alpha value is -3.71. The summed E-state index contributed by atoms with van der Waals surface area (Å²) in [6, 6.07) is 12.7. The number of amides is 1. The molecule has 1 heterocycles. The quantitative estimate of drug-likeness (QED) is 0.447. The molecule has 3 aromatic rings. The first-order chi connectivity index (χ1) is 16.3. The summed E-state index contributed by atoms with van der Waals surface area (Å²) in [7, 11) is -0.856. The number of aromatic nitrogens is 1. The molecule has 3 rings (SSSR count). The number of carbonyl (C=O) groups excluding carboxylic acids is 1. The number of anilines is 1. The van der Waals surface area contributed by atoms with Crippen molar-refractivity contribution in [2.75, 3.05) is 32.6 Å². The number of carbonyl (C=O) groups is 1. The maximum atomic E-state index is 12.9. The minimum Gasteiger partial charge on any atom is -0.497 e. The lowest BCUT2D eigenvalue weighted by Gasteiger charge is -2.20. The average molecular weight is 500 g/mol. The van der Waals surface area contributed by atoms with E-state index < -0.39 is 15.9 Å². The monoisotopic (exact) mass is 499 g/mol. The number of nitrogens with one attached hydrogen (secondary N) is 1. The summed E-state index contributed by atoms with van der Waals surface area (Å²) in [5, 5.41) is 20.7. The minimum atomic E-state index is -3.92. The number of benzene rings is 2. The highest BCUT2D eigenvalue weighted by Crippen LogP contribution is 2.36. The van der Waals surface area contributed by atoms with E-state index in [0.29, 0.717) is 22.1 Å². The van der Waals surface area contributed by atoms with E-state index in [4.69, 9.17) is 20.0 Å². The number of hydrogen-bond donors (Lipinski definition) is 1. The second kappa shape index (κ2) is 10.9. The van der Waals surface area contributed by atoms with Crippen molar-refractivity contribution in [1.82, 2.24) is 9.29 Å². The van der Waals surface area contributed by atoms with Gasteiger partial charge in [-0.05, 0) is 30.3 Å². The normalized spacial score (nSPS) is 11.1. The topological polar surface area (TPSA) is 145 Å². The van der Waals surface area contributed by atoms with Crippen LogP contribution in [0, 0.1) is 22.7 Å². The highest BCUT2D eigenvalue weighted by molar-refractivity contribution is 7.89. The van der Waals surface area contributed by atoms with Crippen LogP contribution in [0.25, 0.3) is 10.2 Å². The summed E-state index contributed by atoms with van der Waals surface area (Å²) in [6.45, 7) is -0.0385. The molecule has 1 amide bonds. The number of sulfonamides is 1. The number of ether oxygens (including phenoxy) is 2. The summed E-state index contributed by atoms with van der Waals surface area (Å²) in [4.78, 5) is 17.1. The third-order valence-corrected chi connectivity index (χ3v) is 7.64. The molecule has 0 atom stereocenters. The molecule has 0 saturated carbocycles. The first kappa shape index (κ1) is 24.9. The van der Waals surface area contributed by atoms with Gasteiger partial charge in [-0.1, -0.05) is 11.3 Å². The molecule has 1 N–H and O–H groups in total. The van der Waals surface area contributed by atoms with Gasteiger partial charge in [0.05, 0.1) is 36.0 Å². The van der Waals surface area contributed by atoms with Crippen molar-refractivity contribution in [3.05, 3.63) is 42.0 Å². The molecule has 0 aliphatic heterocycles. The van der Waals surface area contributed by atoms with Crippen molar-refractivity contribution in [3.8, 4) is 23.6 Å². The summed E-state index contributed by atoms with van der Waals surface area (Å²) < 4.78 is 38.3. The highest BCUT2D eigenvalue weighted by atomic mass is 32.2. The van der Waals surface area contributed by atoms with Crippen LogP contribution in [0.15, 0.2) is 41.3 Å². The summed E-state index contributed by atoms with van der Waals surface area (Å²) in [5.74, 6) is 0.652. The molecule has 0 fully saturated rings. The zero-order valence-electron chi connectivity index (χ0n) is 18.4. The first-order valence-corrected chi connectivity index (χ1v) is 12.3. The van der Waals surface area contributed by atoms with Crippen LogP contribution in [0.3, 0.4) is 0 Å². The third kappa shape index (κ3) is 5.43. The molecule has 0 bridgehead atoms. The summed E-state index contributed by atoms with van der Waals surface area (Å²) in [6.07, 6.45) is 0.00789. The van der Waals surface area contributed by atoms with Gasteiger partial charge in [0, 0.05) is 37.6 Å². The number of nitriles is 2. The minimum absolute atomic E-state index is 0.00394. The van der Waals surface area contributed by atoms with Crippen molar-refractivity contribution in [1.29, 1.82) is 10.5 Å². The van der Waals surface area contributed by atoms with Crippen molar-refractivity contribution < 1.29 is 22.7 Å². The molecular weight excluding hydrogens is 478 g/mol. The van der Waals surface area contributed by atoms with Crippen molar-refractivity contribution in [2.24, 2.45) is 0 Å². The van der Waals surface area contributed by atoms with Crippen LogP contribution < -0.4 is 14.8 Å². The zero-order valence-corrected chi connectivity index (χ0v) is 20.1. The van der Waals surface area contributed by atoms with Crippen molar-refractivity contribution >= 4 is 42.6 Å². The maximum absolute atomic E-state index is 12.9. The molecule has 0 aliphatic carbocycles. The van der Waals surface area contributed by atoms with E-state index in [1.54, 1.807) is 19.2 Å². The Kier molecular flexibility index (Phi) is 8.02. The van der Waals surface area contributed by atoms with Gasteiger partial charge in [0.1, 0.15) is 17.0 Å². The fraction of sp³-hybridized carbons (Fsp3) is 0.273. The molecule has 1 aromatic heterocycles. The standard InChI is InChI=1S/C22H21N5O5S2/c1-31-16-13-18(32-2)20-19(14-16)33-22(25-20)26-21(28)15-5-7-17(8-6-15)34(29,30)27(11-3-9-23)12-4-10-24/h5-8,13-14H,3-4,11-12H2,1-2H3,(H,25,26,28). The van der Waals surface area contributed by atoms with Crippen LogP contribution in [0.2, 0.25) is 0 Å². The smallest absolute Gasteiger partial charge is 0.257 e. The molecule has 0 unspecified atom stereocenters. The van der Waals surface area contributed by atoms with E-state index in [2.05, 4.69) is 10.3 Å². The Morgan fingerprint density at radius 3 is 2.29 bits per heavy atom. The fourth-order valence-corrected chi connectivity index (χ4v) is 5.45. The van der Waals surface area contributed by atoms with E-state index >= 15 is 0 Å². The highest BCUT2D eigenvalue weighted by Gasteiger charge is 2.24. The molecular formula is C22H21N5O5S2. The van der Waals surface area contributed by atoms with Gasteiger partial charge in [0.2, 0.25) is 10.0 Å². The molecule has 0 aliphatic rings. The number of thiazole rings is 1. The van der Waals surface area contributed by atoms with Gasteiger partial charge in [-0.3, -0.25) is 10.1 Å². The van der Waals surface area contributed by atoms with Crippen LogP contribution in [-0.2, 0) is 10.0 Å². The van der Waals surface area contributed by atoms with E-state index in [1.807, 2.05) is 12.1 Å². The lowest BCUT2D eigenvalue weighted by molar-refractivity contribution is 0.102. The van der Waals surface area contributed by atoms with Gasteiger partial charge < -0.3 is 9.47 Å². The Labute approximate surface area is 201 Å². The SMILES string of the molecule is COc1cc(OC)c2nc(NC(=O)c3ccc(S(=O)(=O)N(CCC#N)CCC#N)cc3)sc2c1. The predicted molar refractivity (Wildman–Crippen MR) is 126 cm³/mol. The first-order valence-electron chi connectivity index (χ1n) is 10.0. The average Bonchev–Trinajstić information content (AvgIpc) is 3.25. The van der Waals surface area contributed by atoms with Gasteiger partial charge in [0.25, 0.3) is 5.91 Å². The Morgan fingerprint density at radius 2 is 1.74 bits per heavy atom. The second-order valence-electron chi connectivity index (χ2n) is 6.89. The van der Waals surface area contributed by atoms with Crippen molar-refractivity contribution in [3.63, 3.8) is 0 Å². The van der Waals surface area contributed by atoms with Gasteiger partial charge in [-0.2, -0.15) is 14.8 Å². The third-order valence-electron chi connectivity index (χ3n) is 4.81. The van der Waals surface area contributed by atoms with Crippen molar-refractivity contribution in [2.45, 2.75) is 17.7 Å². The largest absolute Gasteiger partial charge is 0.497 e. The fourth-order valence-electron chi connectivity index (χ4n) is 3.10. The molecule has 12 heteroatoms. The molecule has 2 aromatic carbocycles. The number of rotatable bonds is 10. The van der Waals surface area contributed by atoms with Crippen LogP contribution >= 0.6 is 11.3 Å². The van der Waals surface area contributed by atoms with E-state index in [9.17, 15) is 13.2 Å². The van der Waals surface area contributed by atoms with Crippen LogP contribution in [0.4, 0.5) is 5.13 Å². The van der Waals surface area contributed by atoms with Crippen LogP contribution in [0.5, 0.6) is 11.5 Å². The van der Waals surface area contributed by atoms with E-state index in [0.717, 1.165) is 9.01 Å². The van der Waals surface area contributed by atoms with E-state index in [-0.39, 0.29) is 36.4 Å². The number of hydrogen-bond acceptors (Lipinski definition) is 9. The van der Waals surface area contributed by atoms with E-state index in [1.165, 1.54) is 42.7 Å². The van der Waals surface area contributed by atoms with Gasteiger partial charge in [0.15, 0.2) is 5.13 Å². The lowest BCUT2D eigenvalue weighted by Crippen LogP contribution is -2.32. The van der Waals surface area contributed by atoms with Gasteiger partial charge in [-0.15, -0.1) is 0 Å². The zero-order chi connectivity index (χ0) is 24.7. The molecule has 0 radical (unpaired) electrons. The number of nitrogens with zero attached hydrogens (tertiary/aromatic N) is 4. The lowest BCUT2D eigenvalue weighted by atomic mass is 10.2. The second-order valence-corrected chi connectivity index (χ2v) is 9.86. The summed E-state index contributed by atoms with van der Waals surface area (Å²) in [5.41, 5.74) is 0.822. The molecule has 176 valence electrons. The van der Waals surface area contributed by atoms with Crippen LogP contribution in [0.1, 0.15) is 23.2 Å². The van der Waals surface area contributed by atoms with Gasteiger partial charge >= 0.3 is 0 Å². The Bertz CT molecular complexity index is 1350.